The highest BCUT2D eigenvalue weighted by atomic mass is 16.5. The van der Waals surface area contributed by atoms with E-state index in [1.165, 1.54) is 18.4 Å². The second-order valence-electron chi connectivity index (χ2n) is 5.49. The van der Waals surface area contributed by atoms with Crippen LogP contribution in [0.25, 0.3) is 0 Å². The zero-order valence-corrected chi connectivity index (χ0v) is 12.5. The molecule has 0 radical (unpaired) electrons. The number of hydrogen-bond acceptors (Lipinski definition) is 4. The number of aromatic amines is 1. The summed E-state index contributed by atoms with van der Waals surface area (Å²) >= 11 is 0. The minimum atomic E-state index is 0.518. The van der Waals surface area contributed by atoms with E-state index in [0.717, 1.165) is 25.5 Å². The number of rotatable bonds is 5. The smallest absolute Gasteiger partial charge is 0.213 e. The number of hydrogen-bond donors (Lipinski definition) is 1. The Labute approximate surface area is 125 Å². The summed E-state index contributed by atoms with van der Waals surface area (Å²) in [5.41, 5.74) is 1.23. The average Bonchev–Trinajstić information content (AvgIpc) is 3.04. The molecule has 1 saturated heterocycles. The van der Waals surface area contributed by atoms with Crippen LogP contribution in [0.1, 0.15) is 37.1 Å². The van der Waals surface area contributed by atoms with Gasteiger partial charge in [-0.15, -0.1) is 0 Å². The highest BCUT2D eigenvalue weighted by molar-refractivity contribution is 5.18. The molecule has 0 spiro atoms. The molecule has 0 aromatic carbocycles. The third-order valence-electron chi connectivity index (χ3n) is 3.91. The number of nitrogens with zero attached hydrogens (tertiary/aromatic N) is 3. The molecule has 2 aromatic rings. The molecule has 0 bridgehead atoms. The van der Waals surface area contributed by atoms with Gasteiger partial charge in [0.05, 0.1) is 6.61 Å². The van der Waals surface area contributed by atoms with Crippen LogP contribution in [0.2, 0.25) is 0 Å². The van der Waals surface area contributed by atoms with Crippen LogP contribution in [0, 0.1) is 0 Å². The third-order valence-corrected chi connectivity index (χ3v) is 3.91. The molecule has 0 saturated carbocycles. The van der Waals surface area contributed by atoms with E-state index in [4.69, 9.17) is 4.74 Å². The fourth-order valence-electron chi connectivity index (χ4n) is 2.92. The van der Waals surface area contributed by atoms with Gasteiger partial charge in [-0.1, -0.05) is 6.07 Å². The lowest BCUT2D eigenvalue weighted by Gasteiger charge is -2.31. The molecule has 112 valence electrons. The summed E-state index contributed by atoms with van der Waals surface area (Å²) in [6, 6.07) is 4.06. The quantitative estimate of drug-likeness (QED) is 0.918. The Morgan fingerprint density at radius 2 is 2.33 bits per heavy atom. The number of imidazole rings is 1. The second kappa shape index (κ2) is 6.72. The summed E-state index contributed by atoms with van der Waals surface area (Å²) in [5.74, 6) is 2.34. The zero-order valence-electron chi connectivity index (χ0n) is 12.5. The predicted octanol–water partition coefficient (Wildman–Crippen LogP) is 2.58. The maximum atomic E-state index is 5.38. The molecule has 1 aliphatic heterocycles. The number of piperidine rings is 1. The van der Waals surface area contributed by atoms with Gasteiger partial charge in [0.25, 0.3) is 0 Å². The molecule has 0 aliphatic carbocycles. The van der Waals surface area contributed by atoms with Crippen LogP contribution in [0.15, 0.2) is 30.7 Å². The molecule has 1 N–H and O–H groups in total. The van der Waals surface area contributed by atoms with Crippen LogP contribution >= 0.6 is 0 Å². The van der Waals surface area contributed by atoms with Gasteiger partial charge in [-0.25, -0.2) is 9.97 Å². The average molecular weight is 286 g/mol. The summed E-state index contributed by atoms with van der Waals surface area (Å²) in [6.07, 6.45) is 8.10. The van der Waals surface area contributed by atoms with Crippen LogP contribution in [-0.4, -0.2) is 39.5 Å². The monoisotopic (exact) mass is 286 g/mol. The van der Waals surface area contributed by atoms with E-state index < -0.39 is 0 Å². The second-order valence-corrected chi connectivity index (χ2v) is 5.49. The van der Waals surface area contributed by atoms with Gasteiger partial charge < -0.3 is 9.72 Å². The first-order chi connectivity index (χ1) is 10.3. The number of nitrogens with one attached hydrogen (secondary N) is 1. The van der Waals surface area contributed by atoms with E-state index >= 15 is 0 Å². The first kappa shape index (κ1) is 14.1. The van der Waals surface area contributed by atoms with Gasteiger partial charge in [-0.2, -0.15) is 0 Å². The number of H-pyrrole nitrogens is 1. The molecule has 5 nitrogen and oxygen atoms in total. The van der Waals surface area contributed by atoms with Crippen molar-refractivity contribution in [2.45, 2.75) is 32.2 Å². The van der Waals surface area contributed by atoms with Gasteiger partial charge in [0.1, 0.15) is 5.82 Å². The highest BCUT2D eigenvalue weighted by Gasteiger charge is 2.22. The normalized spacial score (nSPS) is 19.6. The van der Waals surface area contributed by atoms with Crippen LogP contribution in [0.3, 0.4) is 0 Å². The van der Waals surface area contributed by atoms with Crippen LogP contribution in [-0.2, 0) is 6.54 Å². The van der Waals surface area contributed by atoms with E-state index in [2.05, 4.69) is 25.9 Å². The summed E-state index contributed by atoms with van der Waals surface area (Å²) in [5, 5.41) is 0. The van der Waals surface area contributed by atoms with Gasteiger partial charge in [0, 0.05) is 43.7 Å². The fourth-order valence-corrected chi connectivity index (χ4v) is 2.92. The summed E-state index contributed by atoms with van der Waals surface area (Å²) < 4.78 is 5.38. The van der Waals surface area contributed by atoms with Gasteiger partial charge in [-0.3, -0.25) is 4.90 Å². The third kappa shape index (κ3) is 3.61. The molecule has 2 aromatic heterocycles. The van der Waals surface area contributed by atoms with Gasteiger partial charge in [-0.05, 0) is 31.9 Å². The molecule has 5 heteroatoms. The molecule has 0 unspecified atom stereocenters. The van der Waals surface area contributed by atoms with Gasteiger partial charge in [0.2, 0.25) is 5.88 Å². The topological polar surface area (TPSA) is 54.0 Å². The number of ether oxygens (including phenoxy) is 1. The van der Waals surface area contributed by atoms with Crippen LogP contribution in [0.4, 0.5) is 0 Å². The highest BCUT2D eigenvalue weighted by Crippen LogP contribution is 2.25. The molecule has 3 heterocycles. The molecular formula is C16H22N4O. The summed E-state index contributed by atoms with van der Waals surface area (Å²) in [6.45, 7) is 5.77. The van der Waals surface area contributed by atoms with Crippen molar-refractivity contribution in [3.63, 3.8) is 0 Å². The lowest BCUT2D eigenvalue weighted by atomic mass is 9.97. The standard InChI is InChI=1S/C16H22N4O/c1-2-21-15-6-5-13(10-19-15)11-20-9-3-4-14(12-20)16-17-7-8-18-16/h5-8,10,14H,2-4,9,11-12H2,1H3,(H,17,18)/t14-/m0/s1. The maximum absolute atomic E-state index is 5.38. The van der Waals surface area contributed by atoms with Crippen molar-refractivity contribution in [1.29, 1.82) is 0 Å². The molecule has 0 amide bonds. The van der Waals surface area contributed by atoms with Crippen molar-refractivity contribution in [1.82, 2.24) is 19.9 Å². The number of pyridine rings is 1. The van der Waals surface area contributed by atoms with Crippen molar-refractivity contribution in [2.24, 2.45) is 0 Å². The molecule has 1 atom stereocenters. The molecule has 21 heavy (non-hydrogen) atoms. The fraction of sp³-hybridized carbons (Fsp3) is 0.500. The van der Waals surface area contributed by atoms with Crippen LogP contribution in [0.5, 0.6) is 5.88 Å². The Morgan fingerprint density at radius 3 is 3.05 bits per heavy atom. The predicted molar refractivity (Wildman–Crippen MR) is 81.2 cm³/mol. The largest absolute Gasteiger partial charge is 0.478 e. The Balaban J connectivity index is 1.59. The summed E-state index contributed by atoms with van der Waals surface area (Å²) in [7, 11) is 0. The minimum absolute atomic E-state index is 0.518. The Kier molecular flexibility index (Phi) is 4.50. The Bertz CT molecular complexity index is 538. The molecule has 1 fully saturated rings. The van der Waals surface area contributed by atoms with E-state index in [0.29, 0.717) is 18.4 Å². The van der Waals surface area contributed by atoms with E-state index in [9.17, 15) is 0 Å². The summed E-state index contributed by atoms with van der Waals surface area (Å²) in [4.78, 5) is 14.5. The minimum Gasteiger partial charge on any atom is -0.478 e. The van der Waals surface area contributed by atoms with Crippen molar-refractivity contribution < 1.29 is 4.74 Å². The van der Waals surface area contributed by atoms with E-state index in [-0.39, 0.29) is 0 Å². The van der Waals surface area contributed by atoms with E-state index in [1.54, 1.807) is 0 Å². The maximum Gasteiger partial charge on any atom is 0.213 e. The zero-order chi connectivity index (χ0) is 14.5. The van der Waals surface area contributed by atoms with E-state index in [1.807, 2.05) is 31.6 Å². The van der Waals surface area contributed by atoms with Gasteiger partial charge in [0.15, 0.2) is 0 Å². The molecular weight excluding hydrogens is 264 g/mol. The van der Waals surface area contributed by atoms with Crippen molar-refractivity contribution in [3.8, 4) is 5.88 Å². The van der Waals surface area contributed by atoms with Crippen molar-refractivity contribution >= 4 is 0 Å². The van der Waals surface area contributed by atoms with Gasteiger partial charge >= 0.3 is 0 Å². The number of likely N-dealkylation sites (tertiary alicyclic amines) is 1. The van der Waals surface area contributed by atoms with Crippen molar-refractivity contribution in [3.05, 3.63) is 42.1 Å². The lowest BCUT2D eigenvalue weighted by molar-refractivity contribution is 0.196. The Morgan fingerprint density at radius 1 is 1.38 bits per heavy atom. The first-order valence-electron chi connectivity index (χ1n) is 7.64. The lowest BCUT2D eigenvalue weighted by Crippen LogP contribution is -2.34. The molecule has 1 aliphatic rings. The number of aromatic nitrogens is 3. The first-order valence-corrected chi connectivity index (χ1v) is 7.64. The molecule has 3 rings (SSSR count). The SMILES string of the molecule is CCOc1ccc(CN2CCC[C@H](c3ncc[nH]3)C2)cn1. The Hall–Kier alpha value is -1.88. The van der Waals surface area contributed by atoms with Crippen molar-refractivity contribution in [2.75, 3.05) is 19.7 Å². The van der Waals surface area contributed by atoms with Crippen LogP contribution < -0.4 is 4.74 Å².